The predicted octanol–water partition coefficient (Wildman–Crippen LogP) is 2.63. The lowest BCUT2D eigenvalue weighted by Crippen LogP contribution is -1.94. The van der Waals surface area contributed by atoms with Crippen molar-refractivity contribution in [3.8, 4) is 0 Å². The van der Waals surface area contributed by atoms with Crippen molar-refractivity contribution >= 4 is 5.78 Å². The van der Waals surface area contributed by atoms with Gasteiger partial charge < -0.3 is 0 Å². The maximum absolute atomic E-state index is 11.0. The summed E-state index contributed by atoms with van der Waals surface area (Å²) in [4.78, 5) is 11.0. The van der Waals surface area contributed by atoms with Gasteiger partial charge in [-0.2, -0.15) is 0 Å². The van der Waals surface area contributed by atoms with Crippen LogP contribution in [0.4, 0.5) is 0 Å². The van der Waals surface area contributed by atoms with Crippen LogP contribution in [0.15, 0.2) is 23.3 Å². The molecule has 1 nitrogen and oxygen atoms in total. The molecule has 0 N–H and O–H groups in total. The van der Waals surface area contributed by atoms with Crippen LogP contribution < -0.4 is 0 Å². The molecule has 0 aromatic carbocycles. The Morgan fingerprint density at radius 1 is 1.45 bits per heavy atom. The normalized spacial score (nSPS) is 18.4. The number of carbonyl (C=O) groups excluding carboxylic acids is 1. The Balaban J connectivity index is 2.86. The van der Waals surface area contributed by atoms with Gasteiger partial charge >= 0.3 is 0 Å². The molecule has 0 saturated carbocycles. The third-order valence-corrected chi connectivity index (χ3v) is 2.05. The number of Topliss-reactive ketones (excluding diaryl/α,β-unsaturated/α-hetero) is 1. The van der Waals surface area contributed by atoms with E-state index in [0.29, 0.717) is 0 Å². The molecule has 0 atom stereocenters. The molecule has 60 valence electrons. The van der Waals surface area contributed by atoms with E-state index >= 15 is 0 Å². The molecule has 0 amide bonds. The number of hydrogen-bond donors (Lipinski definition) is 0. The number of carbonyl (C=O) groups is 1. The van der Waals surface area contributed by atoms with Gasteiger partial charge in [0.1, 0.15) is 0 Å². The highest BCUT2D eigenvalue weighted by molar-refractivity contribution is 5.95. The highest BCUT2D eigenvalue weighted by Crippen LogP contribution is 2.27. The third-order valence-electron chi connectivity index (χ3n) is 2.05. The standard InChI is InChI=1S/C10H14O/c1-3-5-9-6-4-7-10(9)8(2)11/h3,5H,4,6-7H2,1-2H3/b5-3+. The number of ketones is 1. The highest BCUT2D eigenvalue weighted by Gasteiger charge is 2.14. The van der Waals surface area contributed by atoms with Gasteiger partial charge in [-0.05, 0) is 44.3 Å². The smallest absolute Gasteiger partial charge is 0.156 e. The minimum absolute atomic E-state index is 0.246. The lowest BCUT2D eigenvalue weighted by atomic mass is 10.1. The van der Waals surface area contributed by atoms with Gasteiger partial charge in [0.15, 0.2) is 5.78 Å². The maximum Gasteiger partial charge on any atom is 0.156 e. The van der Waals surface area contributed by atoms with Gasteiger partial charge in [0, 0.05) is 0 Å². The van der Waals surface area contributed by atoms with Crippen LogP contribution in [0.5, 0.6) is 0 Å². The first-order valence-electron chi connectivity index (χ1n) is 4.11. The second-order valence-electron chi connectivity index (χ2n) is 2.91. The van der Waals surface area contributed by atoms with E-state index in [4.69, 9.17) is 0 Å². The van der Waals surface area contributed by atoms with Crippen LogP contribution in [-0.4, -0.2) is 5.78 Å². The fourth-order valence-corrected chi connectivity index (χ4v) is 1.55. The number of allylic oxidation sites excluding steroid dienone is 4. The fourth-order valence-electron chi connectivity index (χ4n) is 1.55. The van der Waals surface area contributed by atoms with Crippen molar-refractivity contribution in [1.82, 2.24) is 0 Å². The molecule has 1 rings (SSSR count). The van der Waals surface area contributed by atoms with Crippen LogP contribution in [-0.2, 0) is 4.79 Å². The first kappa shape index (κ1) is 8.25. The lowest BCUT2D eigenvalue weighted by Gasteiger charge is -1.96. The molecule has 0 saturated heterocycles. The summed E-state index contributed by atoms with van der Waals surface area (Å²) in [5, 5.41) is 0. The Morgan fingerprint density at radius 3 is 2.73 bits per heavy atom. The van der Waals surface area contributed by atoms with Crippen LogP contribution in [0.25, 0.3) is 0 Å². The Hall–Kier alpha value is -0.850. The average molecular weight is 150 g/mol. The van der Waals surface area contributed by atoms with Crippen molar-refractivity contribution in [2.75, 3.05) is 0 Å². The summed E-state index contributed by atoms with van der Waals surface area (Å²) >= 11 is 0. The molecular formula is C10H14O. The summed E-state index contributed by atoms with van der Waals surface area (Å²) in [6, 6.07) is 0. The van der Waals surface area contributed by atoms with Crippen molar-refractivity contribution in [1.29, 1.82) is 0 Å². The molecule has 0 heterocycles. The summed E-state index contributed by atoms with van der Waals surface area (Å²) in [5.41, 5.74) is 2.29. The molecule has 0 aromatic heterocycles. The van der Waals surface area contributed by atoms with Crippen molar-refractivity contribution < 1.29 is 4.79 Å². The molecule has 0 unspecified atom stereocenters. The van der Waals surface area contributed by atoms with Gasteiger partial charge in [-0.25, -0.2) is 0 Å². The van der Waals surface area contributed by atoms with Crippen molar-refractivity contribution in [2.24, 2.45) is 0 Å². The lowest BCUT2D eigenvalue weighted by molar-refractivity contribution is -0.113. The Bertz CT molecular complexity index is 221. The van der Waals surface area contributed by atoms with Gasteiger partial charge in [0.05, 0.1) is 0 Å². The quantitative estimate of drug-likeness (QED) is 0.591. The SMILES string of the molecule is C/C=C/C1=C(C(C)=O)CCC1. The third kappa shape index (κ3) is 1.79. The van der Waals surface area contributed by atoms with Gasteiger partial charge in [-0.3, -0.25) is 4.79 Å². The summed E-state index contributed by atoms with van der Waals surface area (Å²) < 4.78 is 0. The molecule has 0 aromatic rings. The van der Waals surface area contributed by atoms with Crippen LogP contribution in [0.1, 0.15) is 33.1 Å². The molecule has 0 aliphatic heterocycles. The van der Waals surface area contributed by atoms with Crippen molar-refractivity contribution in [3.05, 3.63) is 23.3 Å². The highest BCUT2D eigenvalue weighted by atomic mass is 16.1. The van der Waals surface area contributed by atoms with E-state index in [-0.39, 0.29) is 5.78 Å². The molecule has 1 aliphatic rings. The van der Waals surface area contributed by atoms with Gasteiger partial charge in [0.2, 0.25) is 0 Å². The van der Waals surface area contributed by atoms with Crippen LogP contribution >= 0.6 is 0 Å². The van der Waals surface area contributed by atoms with Gasteiger partial charge in [-0.1, -0.05) is 12.2 Å². The van der Waals surface area contributed by atoms with E-state index in [2.05, 4.69) is 6.08 Å². The minimum Gasteiger partial charge on any atom is -0.295 e. The van der Waals surface area contributed by atoms with E-state index in [1.165, 1.54) is 5.57 Å². The van der Waals surface area contributed by atoms with E-state index < -0.39 is 0 Å². The van der Waals surface area contributed by atoms with Gasteiger partial charge in [0.25, 0.3) is 0 Å². The largest absolute Gasteiger partial charge is 0.295 e. The van der Waals surface area contributed by atoms with Crippen LogP contribution in [0.3, 0.4) is 0 Å². The molecule has 1 aliphatic carbocycles. The zero-order valence-corrected chi connectivity index (χ0v) is 7.18. The Morgan fingerprint density at radius 2 is 2.18 bits per heavy atom. The molecule has 0 bridgehead atoms. The number of hydrogen-bond acceptors (Lipinski definition) is 1. The molecule has 11 heavy (non-hydrogen) atoms. The van der Waals surface area contributed by atoms with E-state index in [9.17, 15) is 4.79 Å². The first-order chi connectivity index (χ1) is 5.25. The average Bonchev–Trinajstić information content (AvgIpc) is 2.36. The zero-order chi connectivity index (χ0) is 8.27. The maximum atomic E-state index is 11.0. The minimum atomic E-state index is 0.246. The van der Waals surface area contributed by atoms with E-state index in [0.717, 1.165) is 24.8 Å². The second-order valence-corrected chi connectivity index (χ2v) is 2.91. The van der Waals surface area contributed by atoms with Crippen LogP contribution in [0, 0.1) is 0 Å². The molecule has 0 spiro atoms. The summed E-state index contributed by atoms with van der Waals surface area (Å²) in [5.74, 6) is 0.246. The van der Waals surface area contributed by atoms with Gasteiger partial charge in [-0.15, -0.1) is 0 Å². The fraction of sp³-hybridized carbons (Fsp3) is 0.500. The van der Waals surface area contributed by atoms with Crippen molar-refractivity contribution in [3.63, 3.8) is 0 Å². The van der Waals surface area contributed by atoms with Crippen LogP contribution in [0.2, 0.25) is 0 Å². The molecular weight excluding hydrogens is 136 g/mol. The monoisotopic (exact) mass is 150 g/mol. The zero-order valence-electron chi connectivity index (χ0n) is 7.18. The summed E-state index contributed by atoms with van der Waals surface area (Å²) in [6.07, 6.45) is 7.27. The Kier molecular flexibility index (Phi) is 2.64. The van der Waals surface area contributed by atoms with E-state index in [1.807, 2.05) is 13.0 Å². The topological polar surface area (TPSA) is 17.1 Å². The molecule has 1 heteroatoms. The predicted molar refractivity (Wildman–Crippen MR) is 46.4 cm³/mol. The second kappa shape index (κ2) is 3.51. The molecule has 0 fully saturated rings. The first-order valence-corrected chi connectivity index (χ1v) is 4.11. The number of rotatable bonds is 2. The van der Waals surface area contributed by atoms with Crippen molar-refractivity contribution in [2.45, 2.75) is 33.1 Å². The summed E-state index contributed by atoms with van der Waals surface area (Å²) in [6.45, 7) is 3.65. The van der Waals surface area contributed by atoms with E-state index in [1.54, 1.807) is 6.92 Å². The Labute approximate surface area is 67.8 Å². The molecule has 0 radical (unpaired) electrons. The summed E-state index contributed by atoms with van der Waals surface area (Å²) in [7, 11) is 0.